The molecule has 2 nitrogen and oxygen atoms in total. The lowest BCUT2D eigenvalue weighted by Gasteiger charge is -2.16. The van der Waals surface area contributed by atoms with Gasteiger partial charge in [-0.3, -0.25) is 5.32 Å². The van der Waals surface area contributed by atoms with Crippen LogP contribution in [0.2, 0.25) is 0 Å². The molecule has 2 rings (SSSR count). The number of primary amides is 1. The van der Waals surface area contributed by atoms with E-state index < -0.39 is 0 Å². The monoisotopic (exact) mass is 126 g/mol. The third kappa shape index (κ3) is 0.874. The number of quaternary nitrogens is 1. The topological polar surface area (TPSA) is 33.7 Å². The van der Waals surface area contributed by atoms with Gasteiger partial charge in [0.1, 0.15) is 0 Å². The minimum absolute atomic E-state index is 0.388. The van der Waals surface area contributed by atoms with E-state index in [0.29, 0.717) is 11.3 Å². The SMILES string of the molecule is O=C1CC2(CC[NH2+]1)CC2. The Morgan fingerprint density at radius 2 is 2.11 bits per heavy atom. The van der Waals surface area contributed by atoms with Crippen molar-refractivity contribution in [2.24, 2.45) is 5.41 Å². The second-order valence-electron chi connectivity index (χ2n) is 3.39. The van der Waals surface area contributed by atoms with Crippen LogP contribution in [0.4, 0.5) is 0 Å². The van der Waals surface area contributed by atoms with Crippen molar-refractivity contribution in [2.75, 3.05) is 6.54 Å². The van der Waals surface area contributed by atoms with Crippen molar-refractivity contribution >= 4 is 5.91 Å². The molecule has 50 valence electrons. The van der Waals surface area contributed by atoms with Crippen molar-refractivity contribution in [1.29, 1.82) is 0 Å². The molecular weight excluding hydrogens is 114 g/mol. The third-order valence-corrected chi connectivity index (χ3v) is 2.55. The fraction of sp³-hybridized carbons (Fsp3) is 0.857. The lowest BCUT2D eigenvalue weighted by atomic mass is 9.95. The highest BCUT2D eigenvalue weighted by Gasteiger charge is 2.47. The molecule has 0 atom stereocenters. The van der Waals surface area contributed by atoms with Crippen LogP contribution in [0.5, 0.6) is 0 Å². The van der Waals surface area contributed by atoms with Crippen LogP contribution in [-0.2, 0) is 4.79 Å². The molecule has 2 heteroatoms. The molecule has 0 aromatic heterocycles. The van der Waals surface area contributed by atoms with Gasteiger partial charge in [0.25, 0.3) is 0 Å². The second-order valence-corrected chi connectivity index (χ2v) is 3.39. The van der Waals surface area contributed by atoms with Crippen LogP contribution in [0, 0.1) is 5.41 Å². The molecule has 1 aliphatic heterocycles. The zero-order valence-electron chi connectivity index (χ0n) is 5.52. The molecule has 2 N–H and O–H groups in total. The van der Waals surface area contributed by atoms with Crippen molar-refractivity contribution in [2.45, 2.75) is 25.7 Å². The highest BCUT2D eigenvalue weighted by Crippen LogP contribution is 2.51. The number of rotatable bonds is 0. The van der Waals surface area contributed by atoms with Gasteiger partial charge in [-0.05, 0) is 18.3 Å². The lowest BCUT2D eigenvalue weighted by molar-refractivity contribution is -0.577. The summed E-state index contributed by atoms with van der Waals surface area (Å²) >= 11 is 0. The molecule has 1 aliphatic carbocycles. The molecule has 0 aromatic carbocycles. The predicted octanol–water partition coefficient (Wildman–Crippen LogP) is -0.350. The first-order chi connectivity index (χ1) is 4.31. The molecule has 1 spiro atoms. The fourth-order valence-electron chi connectivity index (χ4n) is 1.67. The normalized spacial score (nSPS) is 30.9. The summed E-state index contributed by atoms with van der Waals surface area (Å²) in [6.45, 7) is 1.04. The molecule has 9 heavy (non-hydrogen) atoms. The van der Waals surface area contributed by atoms with Gasteiger partial charge in [-0.1, -0.05) is 0 Å². The number of carbonyl (C=O) groups is 1. The first kappa shape index (κ1) is 5.42. The summed E-state index contributed by atoms with van der Waals surface area (Å²) in [5, 5.41) is 1.85. The minimum atomic E-state index is 0.388. The number of amides is 1. The quantitative estimate of drug-likeness (QED) is 0.473. The van der Waals surface area contributed by atoms with Gasteiger partial charge in [0.15, 0.2) is 0 Å². The van der Waals surface area contributed by atoms with Crippen LogP contribution in [0.25, 0.3) is 0 Å². The van der Waals surface area contributed by atoms with Gasteiger partial charge in [-0.15, -0.1) is 0 Å². The highest BCUT2D eigenvalue weighted by molar-refractivity contribution is 5.67. The number of hydrogen-bond donors (Lipinski definition) is 1. The van der Waals surface area contributed by atoms with E-state index in [4.69, 9.17) is 0 Å². The van der Waals surface area contributed by atoms with E-state index in [-0.39, 0.29) is 0 Å². The highest BCUT2D eigenvalue weighted by atomic mass is 16.1. The zero-order chi connectivity index (χ0) is 6.32. The summed E-state index contributed by atoms with van der Waals surface area (Å²) in [5.41, 5.74) is 0.520. The Morgan fingerprint density at radius 1 is 1.33 bits per heavy atom. The van der Waals surface area contributed by atoms with Crippen molar-refractivity contribution < 1.29 is 10.1 Å². The van der Waals surface area contributed by atoms with Gasteiger partial charge in [-0.25, -0.2) is 4.79 Å². The van der Waals surface area contributed by atoms with Gasteiger partial charge in [0, 0.05) is 6.42 Å². The number of piperidine rings is 1. The van der Waals surface area contributed by atoms with Crippen LogP contribution in [0.3, 0.4) is 0 Å². The van der Waals surface area contributed by atoms with Gasteiger partial charge in [0.05, 0.1) is 13.0 Å². The molecule has 2 fully saturated rings. The zero-order valence-corrected chi connectivity index (χ0v) is 5.52. The molecule has 0 radical (unpaired) electrons. The Hall–Kier alpha value is -0.370. The fourth-order valence-corrected chi connectivity index (χ4v) is 1.67. The summed E-state index contributed by atoms with van der Waals surface area (Å²) < 4.78 is 0. The predicted molar refractivity (Wildman–Crippen MR) is 32.7 cm³/mol. The molecule has 1 heterocycles. The van der Waals surface area contributed by atoms with E-state index in [1.165, 1.54) is 19.3 Å². The maximum absolute atomic E-state index is 10.9. The largest absolute Gasteiger partial charge is 0.311 e. The van der Waals surface area contributed by atoms with Crippen LogP contribution in [0.15, 0.2) is 0 Å². The lowest BCUT2D eigenvalue weighted by Crippen LogP contribution is -2.90. The molecule has 0 unspecified atom stereocenters. The molecule has 1 amide bonds. The number of nitrogens with two attached hydrogens (primary N) is 1. The molecule has 0 aromatic rings. The van der Waals surface area contributed by atoms with Crippen LogP contribution in [0.1, 0.15) is 25.7 Å². The average molecular weight is 126 g/mol. The summed E-state index contributed by atoms with van der Waals surface area (Å²) in [6, 6.07) is 0. The minimum Gasteiger partial charge on any atom is -0.283 e. The molecule has 1 saturated heterocycles. The molecule has 0 bridgehead atoms. The first-order valence-corrected chi connectivity index (χ1v) is 3.67. The van der Waals surface area contributed by atoms with E-state index in [1.54, 1.807) is 0 Å². The maximum Gasteiger partial charge on any atom is 0.311 e. The standard InChI is InChI=1S/C7H11NO/c9-6-5-7(1-2-7)3-4-8-6/h1-5H2,(H,8,9)/p+1. The average Bonchev–Trinajstić information content (AvgIpc) is 2.49. The Balaban J connectivity index is 2.04. The first-order valence-electron chi connectivity index (χ1n) is 3.67. The van der Waals surface area contributed by atoms with Crippen molar-refractivity contribution in [3.8, 4) is 0 Å². The molecular formula is C7H12NO+. The van der Waals surface area contributed by atoms with Crippen LogP contribution < -0.4 is 5.32 Å². The number of hydrogen-bond acceptors (Lipinski definition) is 1. The van der Waals surface area contributed by atoms with E-state index >= 15 is 0 Å². The molecule has 1 saturated carbocycles. The Bertz CT molecular complexity index is 149. The van der Waals surface area contributed by atoms with E-state index in [2.05, 4.69) is 0 Å². The van der Waals surface area contributed by atoms with Gasteiger partial charge in [-0.2, -0.15) is 0 Å². The molecule has 2 aliphatic rings. The smallest absolute Gasteiger partial charge is 0.283 e. The van der Waals surface area contributed by atoms with Crippen molar-refractivity contribution in [1.82, 2.24) is 0 Å². The van der Waals surface area contributed by atoms with Gasteiger partial charge in [0.2, 0.25) is 0 Å². The summed E-state index contributed by atoms with van der Waals surface area (Å²) in [4.78, 5) is 10.9. The summed E-state index contributed by atoms with van der Waals surface area (Å²) in [7, 11) is 0. The second kappa shape index (κ2) is 1.57. The van der Waals surface area contributed by atoms with Crippen molar-refractivity contribution in [3.05, 3.63) is 0 Å². The summed E-state index contributed by atoms with van der Waals surface area (Å²) in [5.74, 6) is 0.388. The van der Waals surface area contributed by atoms with E-state index in [1.807, 2.05) is 5.32 Å². The van der Waals surface area contributed by atoms with Crippen LogP contribution >= 0.6 is 0 Å². The van der Waals surface area contributed by atoms with E-state index in [0.717, 1.165) is 13.0 Å². The Morgan fingerprint density at radius 3 is 2.56 bits per heavy atom. The Labute approximate surface area is 54.6 Å². The Kier molecular flexibility index (Phi) is 0.943. The van der Waals surface area contributed by atoms with Crippen molar-refractivity contribution in [3.63, 3.8) is 0 Å². The third-order valence-electron chi connectivity index (χ3n) is 2.55. The maximum atomic E-state index is 10.9. The van der Waals surface area contributed by atoms with Crippen LogP contribution in [-0.4, -0.2) is 12.5 Å². The number of carbonyl (C=O) groups excluding carboxylic acids is 1. The van der Waals surface area contributed by atoms with E-state index in [9.17, 15) is 4.79 Å². The van der Waals surface area contributed by atoms with Gasteiger partial charge >= 0.3 is 5.91 Å². The summed E-state index contributed by atoms with van der Waals surface area (Å²) in [6.07, 6.45) is 4.75. The van der Waals surface area contributed by atoms with Gasteiger partial charge < -0.3 is 0 Å².